The smallest absolute Gasteiger partial charge is 0.356 e. The van der Waals surface area contributed by atoms with Crippen molar-refractivity contribution in [3.05, 3.63) is 76.6 Å². The molecule has 1 aliphatic heterocycles. The summed E-state index contributed by atoms with van der Waals surface area (Å²) in [7, 11) is 0. The molecule has 0 aliphatic carbocycles. The number of pyridine rings is 1. The summed E-state index contributed by atoms with van der Waals surface area (Å²) in [5, 5.41) is 6.01. The highest BCUT2D eigenvalue weighted by Crippen LogP contribution is 2.30. The predicted octanol–water partition coefficient (Wildman–Crippen LogP) is 4.98. The second-order valence-corrected chi connectivity index (χ2v) is 8.26. The van der Waals surface area contributed by atoms with Crippen molar-refractivity contribution in [3.63, 3.8) is 0 Å². The lowest BCUT2D eigenvalue weighted by atomic mass is 10.1. The first kappa shape index (κ1) is 23.2. The SMILES string of the molecule is C1COCCN1.CCOC(=O)c1cc2c3ccccc3n(Cc3ccc(Cl)c(C)c3)c2cn1. The average Bonchev–Trinajstić information content (AvgIpc) is 3.16. The number of ether oxygens (including phenoxy) is 2. The van der Waals surface area contributed by atoms with E-state index in [1.165, 1.54) is 0 Å². The van der Waals surface area contributed by atoms with Gasteiger partial charge >= 0.3 is 5.97 Å². The summed E-state index contributed by atoms with van der Waals surface area (Å²) in [4.78, 5) is 16.4. The number of hydrogen-bond donors (Lipinski definition) is 1. The van der Waals surface area contributed by atoms with Crippen LogP contribution in [0.25, 0.3) is 21.8 Å². The zero-order chi connectivity index (χ0) is 23.2. The Balaban J connectivity index is 0.000000376. The van der Waals surface area contributed by atoms with Crippen LogP contribution in [0.1, 0.15) is 28.5 Å². The highest BCUT2D eigenvalue weighted by Gasteiger charge is 2.15. The number of para-hydroxylation sites is 1. The van der Waals surface area contributed by atoms with Crippen LogP contribution in [-0.2, 0) is 16.0 Å². The van der Waals surface area contributed by atoms with E-state index in [-0.39, 0.29) is 0 Å². The van der Waals surface area contributed by atoms with Gasteiger partial charge in [-0.05, 0) is 43.2 Å². The number of carbonyl (C=O) groups is 1. The Labute approximate surface area is 198 Å². The molecule has 2 aromatic heterocycles. The monoisotopic (exact) mass is 465 g/mol. The summed E-state index contributed by atoms with van der Waals surface area (Å²) < 4.78 is 12.3. The lowest BCUT2D eigenvalue weighted by Crippen LogP contribution is -2.30. The maximum Gasteiger partial charge on any atom is 0.356 e. The van der Waals surface area contributed by atoms with Crippen molar-refractivity contribution in [3.8, 4) is 0 Å². The number of morpholine rings is 1. The number of hydrogen-bond acceptors (Lipinski definition) is 5. The molecule has 1 fully saturated rings. The molecule has 5 rings (SSSR count). The zero-order valence-electron chi connectivity index (χ0n) is 18.9. The summed E-state index contributed by atoms with van der Waals surface area (Å²) in [6.07, 6.45) is 1.75. The minimum absolute atomic E-state index is 0.328. The molecule has 1 saturated heterocycles. The van der Waals surface area contributed by atoms with Gasteiger partial charge in [-0.25, -0.2) is 9.78 Å². The Morgan fingerprint density at radius 3 is 2.58 bits per heavy atom. The second-order valence-electron chi connectivity index (χ2n) is 7.86. The van der Waals surface area contributed by atoms with Crippen LogP contribution in [0.3, 0.4) is 0 Å². The van der Waals surface area contributed by atoms with Gasteiger partial charge in [-0.2, -0.15) is 0 Å². The number of rotatable bonds is 4. The fourth-order valence-electron chi connectivity index (χ4n) is 3.94. The van der Waals surface area contributed by atoms with Crippen molar-refractivity contribution < 1.29 is 14.3 Å². The van der Waals surface area contributed by atoms with E-state index < -0.39 is 5.97 Å². The zero-order valence-corrected chi connectivity index (χ0v) is 19.7. The minimum atomic E-state index is -0.399. The van der Waals surface area contributed by atoms with Crippen LogP contribution in [0.15, 0.2) is 54.7 Å². The van der Waals surface area contributed by atoms with Crippen molar-refractivity contribution in [1.82, 2.24) is 14.9 Å². The molecule has 33 heavy (non-hydrogen) atoms. The normalized spacial score (nSPS) is 13.5. The molecule has 0 amide bonds. The Kier molecular flexibility index (Phi) is 7.60. The van der Waals surface area contributed by atoms with E-state index >= 15 is 0 Å². The summed E-state index contributed by atoms with van der Waals surface area (Å²) in [5.74, 6) is -0.399. The van der Waals surface area contributed by atoms with Crippen molar-refractivity contribution in [2.24, 2.45) is 0 Å². The number of halogens is 1. The Morgan fingerprint density at radius 1 is 1.12 bits per heavy atom. The average molecular weight is 466 g/mol. The maximum atomic E-state index is 12.1. The summed E-state index contributed by atoms with van der Waals surface area (Å²) in [6.45, 7) is 8.65. The lowest BCUT2D eigenvalue weighted by molar-refractivity contribution is 0.0519. The molecule has 0 atom stereocenters. The molecule has 3 heterocycles. The van der Waals surface area contributed by atoms with E-state index in [9.17, 15) is 4.79 Å². The highest BCUT2D eigenvalue weighted by molar-refractivity contribution is 6.31. The van der Waals surface area contributed by atoms with Gasteiger partial charge in [-0.15, -0.1) is 0 Å². The molecule has 172 valence electrons. The number of aryl methyl sites for hydroxylation is 1. The first-order valence-electron chi connectivity index (χ1n) is 11.2. The number of carbonyl (C=O) groups excluding carboxylic acids is 1. The number of nitrogens with one attached hydrogen (secondary N) is 1. The third kappa shape index (κ3) is 5.36. The van der Waals surface area contributed by atoms with Gasteiger partial charge in [0.2, 0.25) is 0 Å². The fourth-order valence-corrected chi connectivity index (χ4v) is 4.05. The molecule has 7 heteroatoms. The summed E-state index contributed by atoms with van der Waals surface area (Å²) >= 11 is 6.16. The molecule has 0 bridgehead atoms. The topological polar surface area (TPSA) is 65.4 Å². The van der Waals surface area contributed by atoms with Crippen LogP contribution >= 0.6 is 11.6 Å². The molecule has 1 N–H and O–H groups in total. The van der Waals surface area contributed by atoms with E-state index in [0.29, 0.717) is 18.8 Å². The highest BCUT2D eigenvalue weighted by atomic mass is 35.5. The Bertz CT molecular complexity index is 1250. The van der Waals surface area contributed by atoms with Gasteiger partial charge < -0.3 is 19.4 Å². The molecule has 0 spiro atoms. The molecular weight excluding hydrogens is 438 g/mol. The lowest BCUT2D eigenvalue weighted by Gasteiger charge is -2.10. The summed E-state index contributed by atoms with van der Waals surface area (Å²) in [6, 6.07) is 16.1. The van der Waals surface area contributed by atoms with Crippen LogP contribution in [0.2, 0.25) is 5.02 Å². The maximum absolute atomic E-state index is 12.1. The quantitative estimate of drug-likeness (QED) is 0.430. The molecule has 0 unspecified atom stereocenters. The van der Waals surface area contributed by atoms with Crippen molar-refractivity contribution in [2.75, 3.05) is 32.9 Å². The van der Waals surface area contributed by atoms with E-state index in [1.54, 1.807) is 13.1 Å². The molecule has 2 aromatic carbocycles. The molecular formula is C26H28ClN3O3. The van der Waals surface area contributed by atoms with E-state index in [4.69, 9.17) is 21.1 Å². The number of fused-ring (bicyclic) bond motifs is 3. The van der Waals surface area contributed by atoms with Gasteiger partial charge in [0, 0.05) is 40.9 Å². The van der Waals surface area contributed by atoms with Crippen molar-refractivity contribution in [2.45, 2.75) is 20.4 Å². The largest absolute Gasteiger partial charge is 0.461 e. The van der Waals surface area contributed by atoms with Crippen LogP contribution in [0.4, 0.5) is 0 Å². The molecule has 4 aromatic rings. The van der Waals surface area contributed by atoms with Crippen LogP contribution in [0, 0.1) is 6.92 Å². The van der Waals surface area contributed by atoms with E-state index in [1.807, 2.05) is 37.3 Å². The number of benzene rings is 2. The van der Waals surface area contributed by atoms with Gasteiger partial charge in [0.1, 0.15) is 5.69 Å². The van der Waals surface area contributed by atoms with Gasteiger partial charge in [0.15, 0.2) is 0 Å². The molecule has 1 aliphatic rings. The molecule has 0 radical (unpaired) electrons. The predicted molar refractivity (Wildman–Crippen MR) is 132 cm³/mol. The van der Waals surface area contributed by atoms with Crippen LogP contribution in [-0.4, -0.2) is 48.4 Å². The molecule has 0 saturated carbocycles. The minimum Gasteiger partial charge on any atom is -0.461 e. The standard InChI is InChI=1S/C22H19ClN2O2.C4H9NO/c1-3-27-22(26)19-11-17-16-6-4-5-7-20(16)25(21(17)12-24-19)13-15-8-9-18(23)14(2)10-15;1-3-6-4-2-5-1/h4-12H,3,13H2,1-2H3;5H,1-4H2. The van der Waals surface area contributed by atoms with Crippen molar-refractivity contribution >= 4 is 39.4 Å². The van der Waals surface area contributed by atoms with Gasteiger partial charge in [-0.3, -0.25) is 0 Å². The first-order valence-corrected chi connectivity index (χ1v) is 11.5. The van der Waals surface area contributed by atoms with E-state index in [0.717, 1.165) is 64.3 Å². The Hall–Kier alpha value is -2.93. The van der Waals surface area contributed by atoms with Crippen LogP contribution < -0.4 is 5.32 Å². The van der Waals surface area contributed by atoms with Crippen molar-refractivity contribution in [1.29, 1.82) is 0 Å². The fraction of sp³-hybridized carbons (Fsp3) is 0.308. The number of aromatic nitrogens is 2. The Morgan fingerprint density at radius 2 is 1.91 bits per heavy atom. The first-order chi connectivity index (χ1) is 16.1. The molecule has 6 nitrogen and oxygen atoms in total. The van der Waals surface area contributed by atoms with Gasteiger partial charge in [-0.1, -0.05) is 41.9 Å². The third-order valence-corrected chi connectivity index (χ3v) is 5.98. The summed E-state index contributed by atoms with van der Waals surface area (Å²) in [5.41, 5.74) is 4.63. The van der Waals surface area contributed by atoms with E-state index in [2.05, 4.69) is 33.1 Å². The van der Waals surface area contributed by atoms with Crippen LogP contribution in [0.5, 0.6) is 0 Å². The number of nitrogens with zero attached hydrogens (tertiary/aromatic N) is 2. The second kappa shape index (κ2) is 10.8. The third-order valence-electron chi connectivity index (χ3n) is 5.55. The van der Waals surface area contributed by atoms with Gasteiger partial charge in [0.25, 0.3) is 0 Å². The number of esters is 1. The van der Waals surface area contributed by atoms with Gasteiger partial charge in [0.05, 0.1) is 31.5 Å².